The van der Waals surface area contributed by atoms with Gasteiger partial charge in [-0.3, -0.25) is 9.88 Å². The van der Waals surface area contributed by atoms with Gasteiger partial charge in [0, 0.05) is 35.5 Å². The normalized spacial score (nSPS) is 13.8. The van der Waals surface area contributed by atoms with E-state index in [4.69, 9.17) is 0 Å². The fraction of sp³-hybridized carbons (Fsp3) is 0.250. The van der Waals surface area contributed by atoms with Gasteiger partial charge in [-0.05, 0) is 73.7 Å². The van der Waals surface area contributed by atoms with Crippen molar-refractivity contribution in [1.82, 2.24) is 9.88 Å². The molecule has 4 aromatic rings. The van der Waals surface area contributed by atoms with Crippen molar-refractivity contribution >= 4 is 22.3 Å². The Morgan fingerprint density at radius 3 is 2.68 bits per heavy atom. The average molecular weight is 408 g/mol. The van der Waals surface area contributed by atoms with Crippen LogP contribution in [0.1, 0.15) is 28.8 Å². The second-order valence-electron chi connectivity index (χ2n) is 8.55. The lowest BCUT2D eigenvalue weighted by atomic mass is 9.99. The summed E-state index contributed by atoms with van der Waals surface area (Å²) in [7, 11) is 0. The molecule has 0 saturated carbocycles. The molecule has 0 aliphatic carbocycles. The minimum Gasteiger partial charge on any atom is -0.355 e. The molecule has 1 aliphatic rings. The van der Waals surface area contributed by atoms with Gasteiger partial charge in [0.1, 0.15) is 0 Å². The molecule has 3 aromatic carbocycles. The van der Waals surface area contributed by atoms with E-state index in [1.54, 1.807) is 0 Å². The number of fused-ring (bicyclic) bond motifs is 2. The van der Waals surface area contributed by atoms with Gasteiger partial charge in [-0.1, -0.05) is 54.6 Å². The van der Waals surface area contributed by atoms with Crippen LogP contribution in [0.2, 0.25) is 0 Å². The predicted octanol–water partition coefficient (Wildman–Crippen LogP) is 6.28. The predicted molar refractivity (Wildman–Crippen MR) is 130 cm³/mol. The molecule has 3 heteroatoms. The summed E-state index contributed by atoms with van der Waals surface area (Å²) in [5, 5.41) is 4.78. The largest absolute Gasteiger partial charge is 0.355 e. The molecular formula is C28H29N3. The number of hydrogen-bond donors (Lipinski definition) is 1. The summed E-state index contributed by atoms with van der Waals surface area (Å²) in [5.74, 6) is 0. The standard InChI is InChI=1S/C28H29N3/c1-21-18-28(26-13-4-5-14-27(26)29-21)30-25-12-6-8-22(19-25)9-7-16-31-17-15-23-10-2-3-11-24(23)20-31/h2-6,8,10-14,18-19H,7,9,15-17,20H2,1H3,(H,29,30). The minimum atomic E-state index is 1.03. The van der Waals surface area contributed by atoms with Crippen LogP contribution in [0.4, 0.5) is 11.4 Å². The third kappa shape index (κ3) is 4.62. The Kier molecular flexibility index (Phi) is 5.68. The average Bonchev–Trinajstić information content (AvgIpc) is 2.79. The molecule has 0 bridgehead atoms. The van der Waals surface area contributed by atoms with Gasteiger partial charge in [-0.25, -0.2) is 0 Å². The molecule has 0 spiro atoms. The first kappa shape index (κ1) is 19.8. The number of aryl methyl sites for hydroxylation is 2. The highest BCUT2D eigenvalue weighted by Gasteiger charge is 2.15. The number of benzene rings is 3. The van der Waals surface area contributed by atoms with Crippen molar-refractivity contribution in [3.8, 4) is 0 Å². The summed E-state index contributed by atoms with van der Waals surface area (Å²) in [6.45, 7) is 5.46. The second-order valence-corrected chi connectivity index (χ2v) is 8.55. The molecule has 2 heterocycles. The maximum atomic E-state index is 4.65. The Hall–Kier alpha value is -3.17. The zero-order valence-electron chi connectivity index (χ0n) is 18.1. The minimum absolute atomic E-state index is 1.03. The molecule has 0 fully saturated rings. The van der Waals surface area contributed by atoms with Crippen molar-refractivity contribution in [2.24, 2.45) is 0 Å². The van der Waals surface area contributed by atoms with Gasteiger partial charge in [-0.15, -0.1) is 0 Å². The highest BCUT2D eigenvalue weighted by atomic mass is 15.1. The van der Waals surface area contributed by atoms with Crippen molar-refractivity contribution in [2.45, 2.75) is 32.7 Å². The first-order valence-electron chi connectivity index (χ1n) is 11.3. The highest BCUT2D eigenvalue weighted by Crippen LogP contribution is 2.27. The van der Waals surface area contributed by atoms with Gasteiger partial charge in [-0.2, -0.15) is 0 Å². The third-order valence-corrected chi connectivity index (χ3v) is 6.20. The highest BCUT2D eigenvalue weighted by molar-refractivity contribution is 5.93. The van der Waals surface area contributed by atoms with Crippen LogP contribution in [0.15, 0.2) is 78.9 Å². The molecule has 0 atom stereocenters. The first-order chi connectivity index (χ1) is 15.2. The summed E-state index contributed by atoms with van der Waals surface area (Å²) in [4.78, 5) is 7.24. The zero-order chi connectivity index (χ0) is 21.0. The van der Waals surface area contributed by atoms with Crippen molar-refractivity contribution in [3.63, 3.8) is 0 Å². The molecule has 0 radical (unpaired) electrons. The molecule has 5 rings (SSSR count). The molecule has 1 aromatic heterocycles. The van der Waals surface area contributed by atoms with E-state index in [0.717, 1.165) is 47.5 Å². The zero-order valence-corrected chi connectivity index (χ0v) is 18.1. The fourth-order valence-electron chi connectivity index (χ4n) is 4.62. The number of rotatable bonds is 6. The summed E-state index contributed by atoms with van der Waals surface area (Å²) in [6, 6.07) is 28.2. The van der Waals surface area contributed by atoms with E-state index in [2.05, 4.69) is 88.0 Å². The number of hydrogen-bond acceptors (Lipinski definition) is 3. The van der Waals surface area contributed by atoms with Crippen LogP contribution in [0.3, 0.4) is 0 Å². The number of para-hydroxylation sites is 1. The summed E-state index contributed by atoms with van der Waals surface area (Å²) >= 11 is 0. The van der Waals surface area contributed by atoms with Gasteiger partial charge < -0.3 is 5.32 Å². The van der Waals surface area contributed by atoms with Crippen molar-refractivity contribution in [2.75, 3.05) is 18.4 Å². The number of nitrogens with one attached hydrogen (secondary N) is 1. The van der Waals surface area contributed by atoms with Crippen LogP contribution >= 0.6 is 0 Å². The van der Waals surface area contributed by atoms with Crippen LogP contribution in [-0.4, -0.2) is 23.0 Å². The smallest absolute Gasteiger partial charge is 0.0726 e. The van der Waals surface area contributed by atoms with Gasteiger partial charge in [0.25, 0.3) is 0 Å². The first-order valence-corrected chi connectivity index (χ1v) is 11.3. The van der Waals surface area contributed by atoms with Crippen LogP contribution < -0.4 is 5.32 Å². The third-order valence-electron chi connectivity index (χ3n) is 6.20. The monoisotopic (exact) mass is 407 g/mol. The lowest BCUT2D eigenvalue weighted by Crippen LogP contribution is -2.31. The quantitative estimate of drug-likeness (QED) is 0.408. The van der Waals surface area contributed by atoms with Crippen molar-refractivity contribution in [1.29, 1.82) is 0 Å². The van der Waals surface area contributed by atoms with E-state index in [1.165, 1.54) is 36.1 Å². The molecule has 0 amide bonds. The van der Waals surface area contributed by atoms with Crippen LogP contribution in [0.25, 0.3) is 10.9 Å². The molecule has 0 unspecified atom stereocenters. The van der Waals surface area contributed by atoms with E-state index in [0.29, 0.717) is 0 Å². The Bertz CT molecular complexity index is 1200. The molecule has 1 N–H and O–H groups in total. The number of anilines is 2. The van der Waals surface area contributed by atoms with Gasteiger partial charge in [0.05, 0.1) is 5.52 Å². The number of aromatic nitrogens is 1. The van der Waals surface area contributed by atoms with Crippen LogP contribution in [0.5, 0.6) is 0 Å². The van der Waals surface area contributed by atoms with Gasteiger partial charge in [0.2, 0.25) is 0 Å². The van der Waals surface area contributed by atoms with E-state index in [-0.39, 0.29) is 0 Å². The Balaban J connectivity index is 1.22. The number of nitrogens with zero attached hydrogens (tertiary/aromatic N) is 2. The molecule has 156 valence electrons. The maximum absolute atomic E-state index is 4.65. The molecule has 3 nitrogen and oxygen atoms in total. The Morgan fingerprint density at radius 2 is 1.74 bits per heavy atom. The lowest BCUT2D eigenvalue weighted by Gasteiger charge is -2.28. The summed E-state index contributed by atoms with van der Waals surface area (Å²) in [5.41, 5.74) is 8.73. The van der Waals surface area contributed by atoms with E-state index < -0.39 is 0 Å². The molecule has 0 saturated heterocycles. The molecule has 1 aliphatic heterocycles. The topological polar surface area (TPSA) is 28.2 Å². The van der Waals surface area contributed by atoms with E-state index >= 15 is 0 Å². The molecule has 31 heavy (non-hydrogen) atoms. The number of pyridine rings is 1. The Morgan fingerprint density at radius 1 is 0.903 bits per heavy atom. The van der Waals surface area contributed by atoms with Crippen LogP contribution in [0, 0.1) is 6.92 Å². The van der Waals surface area contributed by atoms with Crippen LogP contribution in [-0.2, 0) is 19.4 Å². The second kappa shape index (κ2) is 8.91. The SMILES string of the molecule is Cc1cc(Nc2cccc(CCCN3CCc4ccccc4C3)c2)c2ccccc2n1. The van der Waals surface area contributed by atoms with Gasteiger partial charge >= 0.3 is 0 Å². The molecular weight excluding hydrogens is 378 g/mol. The summed E-state index contributed by atoms with van der Waals surface area (Å²) in [6.07, 6.45) is 3.46. The maximum Gasteiger partial charge on any atom is 0.0726 e. The van der Waals surface area contributed by atoms with Gasteiger partial charge in [0.15, 0.2) is 0 Å². The summed E-state index contributed by atoms with van der Waals surface area (Å²) < 4.78 is 0. The van der Waals surface area contributed by atoms with E-state index in [1.807, 2.05) is 13.0 Å². The van der Waals surface area contributed by atoms with E-state index in [9.17, 15) is 0 Å². The van der Waals surface area contributed by atoms with Crippen molar-refractivity contribution < 1.29 is 0 Å². The fourth-order valence-corrected chi connectivity index (χ4v) is 4.62. The lowest BCUT2D eigenvalue weighted by molar-refractivity contribution is 0.251. The Labute approximate surface area is 184 Å². The van der Waals surface area contributed by atoms with Crippen molar-refractivity contribution in [3.05, 3.63) is 101 Å².